The summed E-state index contributed by atoms with van der Waals surface area (Å²) in [7, 11) is 1.69. The summed E-state index contributed by atoms with van der Waals surface area (Å²) in [6.45, 7) is 3.67. The summed E-state index contributed by atoms with van der Waals surface area (Å²) in [5, 5.41) is 2.14. The molecule has 0 heterocycles. The van der Waals surface area contributed by atoms with Gasteiger partial charge in [0.2, 0.25) is 0 Å². The molecule has 0 bridgehead atoms. The Morgan fingerprint density at radius 1 is 0.846 bits per heavy atom. The molecule has 3 nitrogen and oxygen atoms in total. The Morgan fingerprint density at radius 2 is 1.62 bits per heavy atom. The van der Waals surface area contributed by atoms with E-state index in [0.717, 1.165) is 60.3 Å². The standard InChI is InChI=1S/C22H31ClO3/c1-3-4-5-8-15-25-19-11-12-20-18(17-19)10-13-21(22(20)24-2)26-16-9-6-7-14-23/h10-13,17H,3-9,14-16H2,1-2H3. The highest BCUT2D eigenvalue weighted by Crippen LogP contribution is 2.37. The van der Waals surface area contributed by atoms with E-state index in [2.05, 4.69) is 25.1 Å². The maximum absolute atomic E-state index is 5.92. The molecule has 0 N–H and O–H groups in total. The summed E-state index contributed by atoms with van der Waals surface area (Å²) in [4.78, 5) is 0. The van der Waals surface area contributed by atoms with Crippen molar-refractivity contribution in [3.63, 3.8) is 0 Å². The van der Waals surface area contributed by atoms with Crippen molar-refractivity contribution in [2.75, 3.05) is 26.2 Å². The van der Waals surface area contributed by atoms with E-state index < -0.39 is 0 Å². The van der Waals surface area contributed by atoms with Crippen molar-refractivity contribution in [2.45, 2.75) is 51.9 Å². The van der Waals surface area contributed by atoms with Crippen LogP contribution in [0.25, 0.3) is 10.8 Å². The molecule has 0 aliphatic carbocycles. The monoisotopic (exact) mass is 378 g/mol. The lowest BCUT2D eigenvalue weighted by Gasteiger charge is -2.14. The van der Waals surface area contributed by atoms with E-state index in [1.54, 1.807) is 7.11 Å². The first-order valence-corrected chi connectivity index (χ1v) is 10.3. The molecule has 0 aliphatic rings. The molecule has 0 aromatic heterocycles. The predicted molar refractivity (Wildman–Crippen MR) is 110 cm³/mol. The van der Waals surface area contributed by atoms with Crippen LogP contribution in [0.3, 0.4) is 0 Å². The molecule has 0 aliphatic heterocycles. The third kappa shape index (κ3) is 6.28. The van der Waals surface area contributed by atoms with Crippen LogP contribution >= 0.6 is 11.6 Å². The first-order chi connectivity index (χ1) is 12.8. The smallest absolute Gasteiger partial charge is 0.168 e. The zero-order chi connectivity index (χ0) is 18.6. The van der Waals surface area contributed by atoms with Gasteiger partial charge in [-0.1, -0.05) is 32.3 Å². The Morgan fingerprint density at radius 3 is 2.35 bits per heavy atom. The summed E-state index contributed by atoms with van der Waals surface area (Å²) in [6.07, 6.45) is 7.95. The van der Waals surface area contributed by atoms with Crippen LogP contribution in [0, 0.1) is 0 Å². The molecule has 2 rings (SSSR count). The third-order valence-corrected chi connectivity index (χ3v) is 4.68. The molecule has 4 heteroatoms. The topological polar surface area (TPSA) is 27.7 Å². The Kier molecular flexibility index (Phi) is 9.47. The largest absolute Gasteiger partial charge is 0.494 e. The molecular weight excluding hydrogens is 348 g/mol. The van der Waals surface area contributed by atoms with Crippen molar-refractivity contribution < 1.29 is 14.2 Å². The number of benzene rings is 2. The molecule has 0 atom stereocenters. The molecule has 144 valence electrons. The lowest BCUT2D eigenvalue weighted by molar-refractivity contribution is 0.287. The van der Waals surface area contributed by atoms with Crippen LogP contribution in [0.1, 0.15) is 51.9 Å². The number of unbranched alkanes of at least 4 members (excludes halogenated alkanes) is 5. The quantitative estimate of drug-likeness (QED) is 0.290. The third-order valence-electron chi connectivity index (χ3n) is 4.41. The number of ether oxygens (including phenoxy) is 3. The normalized spacial score (nSPS) is 10.9. The first-order valence-electron chi connectivity index (χ1n) is 9.72. The number of methoxy groups -OCH3 is 1. The van der Waals surface area contributed by atoms with Crippen molar-refractivity contribution >= 4 is 22.4 Å². The average molecular weight is 379 g/mol. The molecule has 2 aromatic rings. The zero-order valence-corrected chi connectivity index (χ0v) is 16.8. The van der Waals surface area contributed by atoms with Crippen molar-refractivity contribution in [3.8, 4) is 17.2 Å². The minimum absolute atomic E-state index is 0.678. The fourth-order valence-electron chi connectivity index (χ4n) is 2.95. The molecule has 0 fully saturated rings. The van der Waals surface area contributed by atoms with E-state index in [1.165, 1.54) is 19.3 Å². The maximum Gasteiger partial charge on any atom is 0.168 e. The van der Waals surface area contributed by atoms with Gasteiger partial charge in [-0.3, -0.25) is 0 Å². The molecule has 0 unspecified atom stereocenters. The number of hydrogen-bond donors (Lipinski definition) is 0. The van der Waals surface area contributed by atoms with E-state index in [0.29, 0.717) is 12.5 Å². The number of rotatable bonds is 13. The fourth-order valence-corrected chi connectivity index (χ4v) is 3.14. The van der Waals surface area contributed by atoms with E-state index in [1.807, 2.05) is 12.1 Å². The molecule has 0 saturated heterocycles. The van der Waals surface area contributed by atoms with Crippen LogP contribution in [-0.4, -0.2) is 26.2 Å². The predicted octanol–water partition coefficient (Wildman–Crippen LogP) is 6.60. The summed E-state index contributed by atoms with van der Waals surface area (Å²) in [5.74, 6) is 3.20. The van der Waals surface area contributed by atoms with E-state index >= 15 is 0 Å². The second-order valence-corrected chi connectivity index (χ2v) is 6.87. The van der Waals surface area contributed by atoms with Gasteiger partial charge in [-0.25, -0.2) is 0 Å². The van der Waals surface area contributed by atoms with Crippen molar-refractivity contribution in [2.24, 2.45) is 0 Å². The first kappa shape index (κ1) is 20.7. The number of fused-ring (bicyclic) bond motifs is 1. The van der Waals surface area contributed by atoms with Crippen LogP contribution in [0.15, 0.2) is 30.3 Å². The highest BCUT2D eigenvalue weighted by Gasteiger charge is 2.10. The van der Waals surface area contributed by atoms with Gasteiger partial charge in [-0.05, 0) is 55.3 Å². The summed E-state index contributed by atoms with van der Waals surface area (Å²) in [6, 6.07) is 10.2. The van der Waals surface area contributed by atoms with Gasteiger partial charge in [-0.2, -0.15) is 0 Å². The molecule has 26 heavy (non-hydrogen) atoms. The van der Waals surface area contributed by atoms with Gasteiger partial charge in [0.15, 0.2) is 11.5 Å². The van der Waals surface area contributed by atoms with Gasteiger partial charge in [0.25, 0.3) is 0 Å². The molecule has 2 aromatic carbocycles. The van der Waals surface area contributed by atoms with E-state index in [4.69, 9.17) is 25.8 Å². The van der Waals surface area contributed by atoms with Gasteiger partial charge >= 0.3 is 0 Å². The van der Waals surface area contributed by atoms with Crippen molar-refractivity contribution in [1.29, 1.82) is 0 Å². The van der Waals surface area contributed by atoms with Crippen LogP contribution in [-0.2, 0) is 0 Å². The molecule has 0 saturated carbocycles. The summed E-state index contributed by atoms with van der Waals surface area (Å²) < 4.78 is 17.4. The Labute approximate surface area is 162 Å². The fraction of sp³-hybridized carbons (Fsp3) is 0.545. The zero-order valence-electron chi connectivity index (χ0n) is 16.1. The summed E-state index contributed by atoms with van der Waals surface area (Å²) >= 11 is 5.71. The lowest BCUT2D eigenvalue weighted by Crippen LogP contribution is -2.00. The van der Waals surface area contributed by atoms with Crippen molar-refractivity contribution in [1.82, 2.24) is 0 Å². The minimum Gasteiger partial charge on any atom is -0.494 e. The molecule has 0 spiro atoms. The number of halogens is 1. The molecule has 0 amide bonds. The second-order valence-electron chi connectivity index (χ2n) is 6.49. The number of alkyl halides is 1. The highest BCUT2D eigenvalue weighted by molar-refractivity contribution is 6.17. The van der Waals surface area contributed by atoms with Crippen LogP contribution in [0.5, 0.6) is 17.2 Å². The van der Waals surface area contributed by atoms with E-state index in [-0.39, 0.29) is 0 Å². The van der Waals surface area contributed by atoms with Gasteiger partial charge in [0.1, 0.15) is 5.75 Å². The highest BCUT2D eigenvalue weighted by atomic mass is 35.5. The van der Waals surface area contributed by atoms with Gasteiger partial charge in [0, 0.05) is 11.3 Å². The molecular formula is C22H31ClO3. The SMILES string of the molecule is CCCCCCOc1ccc2c(OC)c(OCCCCCCl)ccc2c1. The lowest BCUT2D eigenvalue weighted by atomic mass is 10.1. The average Bonchev–Trinajstić information content (AvgIpc) is 2.67. The van der Waals surface area contributed by atoms with Crippen LogP contribution in [0.4, 0.5) is 0 Å². The maximum atomic E-state index is 5.92. The van der Waals surface area contributed by atoms with Crippen LogP contribution in [0.2, 0.25) is 0 Å². The summed E-state index contributed by atoms with van der Waals surface area (Å²) in [5.41, 5.74) is 0. The van der Waals surface area contributed by atoms with Crippen LogP contribution < -0.4 is 14.2 Å². The number of hydrogen-bond acceptors (Lipinski definition) is 3. The van der Waals surface area contributed by atoms with E-state index in [9.17, 15) is 0 Å². The van der Waals surface area contributed by atoms with Gasteiger partial charge in [-0.15, -0.1) is 11.6 Å². The Balaban J connectivity index is 2.00. The second kappa shape index (κ2) is 11.9. The Hall–Kier alpha value is -1.61. The van der Waals surface area contributed by atoms with Crippen molar-refractivity contribution in [3.05, 3.63) is 30.3 Å². The van der Waals surface area contributed by atoms with Gasteiger partial charge < -0.3 is 14.2 Å². The molecule has 0 radical (unpaired) electrons. The minimum atomic E-state index is 0.678. The van der Waals surface area contributed by atoms with Gasteiger partial charge in [0.05, 0.1) is 20.3 Å². The Bertz CT molecular complexity index is 657.